The normalized spacial score (nSPS) is 22.7. The number of nitrogens with one attached hydrogen (secondary N) is 1. The third-order valence-corrected chi connectivity index (χ3v) is 3.74. The zero-order valence-corrected chi connectivity index (χ0v) is 10.6. The van der Waals surface area contributed by atoms with Gasteiger partial charge in [-0.3, -0.25) is 4.99 Å². The first-order chi connectivity index (χ1) is 6.42. The topological polar surface area (TPSA) is 27.6 Å². The standard InChI is InChI=1S/C10H21N3S/c1-8-6-11-9(14-8)12-7-10(2,3)13(4)5/h8H,6-7H2,1-5H3,(H,11,12). The highest BCUT2D eigenvalue weighted by atomic mass is 32.2. The monoisotopic (exact) mass is 215 g/mol. The van der Waals surface area contributed by atoms with Crippen molar-refractivity contribution in [2.45, 2.75) is 31.6 Å². The molecule has 0 spiro atoms. The minimum absolute atomic E-state index is 0.176. The van der Waals surface area contributed by atoms with E-state index in [1.807, 2.05) is 11.8 Å². The average molecular weight is 215 g/mol. The average Bonchev–Trinajstić information content (AvgIpc) is 2.48. The fraction of sp³-hybridized carbons (Fsp3) is 0.900. The van der Waals surface area contributed by atoms with Crippen molar-refractivity contribution in [1.82, 2.24) is 10.2 Å². The van der Waals surface area contributed by atoms with Gasteiger partial charge in [-0.15, -0.1) is 0 Å². The van der Waals surface area contributed by atoms with E-state index in [1.54, 1.807) is 0 Å². The van der Waals surface area contributed by atoms with Crippen LogP contribution in [0.3, 0.4) is 0 Å². The Bertz CT molecular complexity index is 223. The molecule has 0 radical (unpaired) electrons. The predicted molar refractivity (Wildman–Crippen MR) is 65.1 cm³/mol. The summed E-state index contributed by atoms with van der Waals surface area (Å²) in [5.41, 5.74) is 0.176. The molecule has 82 valence electrons. The molecule has 0 aromatic heterocycles. The van der Waals surface area contributed by atoms with Crippen molar-refractivity contribution < 1.29 is 0 Å². The summed E-state index contributed by atoms with van der Waals surface area (Å²) in [6, 6.07) is 0. The zero-order valence-electron chi connectivity index (χ0n) is 9.79. The lowest BCUT2D eigenvalue weighted by molar-refractivity contribution is 0.198. The van der Waals surface area contributed by atoms with Crippen molar-refractivity contribution in [2.75, 3.05) is 27.2 Å². The Balaban J connectivity index is 2.34. The molecule has 0 bridgehead atoms. The third kappa shape index (κ3) is 3.17. The van der Waals surface area contributed by atoms with Gasteiger partial charge in [0, 0.05) is 17.3 Å². The van der Waals surface area contributed by atoms with Crippen molar-refractivity contribution in [3.05, 3.63) is 0 Å². The van der Waals surface area contributed by atoms with E-state index < -0.39 is 0 Å². The van der Waals surface area contributed by atoms with Gasteiger partial charge in [0.2, 0.25) is 0 Å². The molecule has 3 nitrogen and oxygen atoms in total. The maximum atomic E-state index is 4.43. The van der Waals surface area contributed by atoms with Crippen LogP contribution < -0.4 is 5.32 Å². The van der Waals surface area contributed by atoms with Crippen LogP contribution in [-0.4, -0.2) is 48.0 Å². The summed E-state index contributed by atoms with van der Waals surface area (Å²) in [7, 11) is 4.21. The molecule has 1 atom stereocenters. The smallest absolute Gasteiger partial charge is 0.156 e. The number of hydrogen-bond donors (Lipinski definition) is 1. The molecule has 14 heavy (non-hydrogen) atoms. The Morgan fingerprint density at radius 3 is 2.64 bits per heavy atom. The van der Waals surface area contributed by atoms with E-state index in [-0.39, 0.29) is 5.54 Å². The van der Waals surface area contributed by atoms with Crippen LogP contribution in [0.25, 0.3) is 0 Å². The number of aliphatic imine (C=N–C) groups is 1. The first kappa shape index (κ1) is 11.9. The van der Waals surface area contributed by atoms with Gasteiger partial charge in [-0.25, -0.2) is 0 Å². The lowest BCUT2D eigenvalue weighted by Gasteiger charge is -2.32. The molecular weight excluding hydrogens is 194 g/mol. The summed E-state index contributed by atoms with van der Waals surface area (Å²) in [6.45, 7) is 8.56. The van der Waals surface area contributed by atoms with E-state index >= 15 is 0 Å². The van der Waals surface area contributed by atoms with Crippen LogP contribution in [0.2, 0.25) is 0 Å². The maximum absolute atomic E-state index is 4.43. The molecule has 0 aliphatic carbocycles. The molecule has 1 aliphatic heterocycles. The Kier molecular flexibility index (Phi) is 3.84. The summed E-state index contributed by atoms with van der Waals surface area (Å²) in [5.74, 6) is 0. The van der Waals surface area contributed by atoms with Gasteiger partial charge in [0.25, 0.3) is 0 Å². The zero-order chi connectivity index (χ0) is 10.8. The maximum Gasteiger partial charge on any atom is 0.156 e. The molecule has 1 aliphatic rings. The van der Waals surface area contributed by atoms with E-state index in [4.69, 9.17) is 0 Å². The molecule has 0 fully saturated rings. The van der Waals surface area contributed by atoms with E-state index in [2.05, 4.69) is 50.1 Å². The number of likely N-dealkylation sites (N-methyl/N-ethyl adjacent to an activating group) is 1. The largest absolute Gasteiger partial charge is 0.363 e. The molecule has 0 amide bonds. The van der Waals surface area contributed by atoms with Gasteiger partial charge in [0.15, 0.2) is 5.17 Å². The second-order valence-electron chi connectivity index (χ2n) is 4.63. The Morgan fingerprint density at radius 1 is 1.57 bits per heavy atom. The van der Waals surface area contributed by atoms with Gasteiger partial charge in [-0.05, 0) is 27.9 Å². The highest BCUT2D eigenvalue weighted by Crippen LogP contribution is 2.19. The molecule has 1 unspecified atom stereocenters. The van der Waals surface area contributed by atoms with Crippen molar-refractivity contribution in [2.24, 2.45) is 4.99 Å². The van der Waals surface area contributed by atoms with Crippen LogP contribution in [0.1, 0.15) is 20.8 Å². The van der Waals surface area contributed by atoms with Crippen molar-refractivity contribution in [1.29, 1.82) is 0 Å². The highest BCUT2D eigenvalue weighted by molar-refractivity contribution is 8.14. The van der Waals surface area contributed by atoms with E-state index in [0.717, 1.165) is 18.3 Å². The summed E-state index contributed by atoms with van der Waals surface area (Å²) in [4.78, 5) is 6.65. The van der Waals surface area contributed by atoms with Crippen molar-refractivity contribution in [3.63, 3.8) is 0 Å². The van der Waals surface area contributed by atoms with Gasteiger partial charge in [-0.2, -0.15) is 0 Å². The molecular formula is C10H21N3S. The van der Waals surface area contributed by atoms with Crippen molar-refractivity contribution in [3.8, 4) is 0 Å². The quantitative estimate of drug-likeness (QED) is 0.771. The van der Waals surface area contributed by atoms with Gasteiger partial charge < -0.3 is 10.2 Å². The minimum atomic E-state index is 0.176. The Labute approximate surface area is 91.3 Å². The second kappa shape index (κ2) is 4.53. The third-order valence-electron chi connectivity index (χ3n) is 2.69. The molecule has 0 saturated carbocycles. The SMILES string of the molecule is CC1CN=C(NCC(C)(C)N(C)C)S1. The van der Waals surface area contributed by atoms with Crippen LogP contribution in [0.5, 0.6) is 0 Å². The minimum Gasteiger partial charge on any atom is -0.363 e. The number of thioether (sulfide) groups is 1. The second-order valence-corrected chi connectivity index (χ2v) is 6.06. The van der Waals surface area contributed by atoms with E-state index in [1.165, 1.54) is 0 Å². The fourth-order valence-corrected chi connectivity index (χ4v) is 1.86. The molecule has 0 aromatic carbocycles. The number of hydrogen-bond acceptors (Lipinski definition) is 4. The molecule has 4 heteroatoms. The molecule has 0 saturated heterocycles. The predicted octanol–water partition coefficient (Wildman–Crippen LogP) is 1.41. The summed E-state index contributed by atoms with van der Waals surface area (Å²) >= 11 is 1.84. The molecule has 1 N–H and O–H groups in total. The summed E-state index contributed by atoms with van der Waals surface area (Å²) in [6.07, 6.45) is 0. The van der Waals surface area contributed by atoms with Crippen LogP contribution in [0.15, 0.2) is 4.99 Å². The summed E-state index contributed by atoms with van der Waals surface area (Å²) in [5, 5.41) is 5.15. The molecule has 1 rings (SSSR count). The Hall–Kier alpha value is -0.220. The van der Waals surface area contributed by atoms with Gasteiger partial charge in [0.1, 0.15) is 0 Å². The highest BCUT2D eigenvalue weighted by Gasteiger charge is 2.22. The van der Waals surface area contributed by atoms with Gasteiger partial charge in [-0.1, -0.05) is 18.7 Å². The summed E-state index contributed by atoms with van der Waals surface area (Å²) < 4.78 is 0. The van der Waals surface area contributed by atoms with E-state index in [9.17, 15) is 0 Å². The molecule has 0 aromatic rings. The van der Waals surface area contributed by atoms with E-state index in [0.29, 0.717) is 5.25 Å². The van der Waals surface area contributed by atoms with Gasteiger partial charge in [0.05, 0.1) is 6.54 Å². The fourth-order valence-electron chi connectivity index (χ4n) is 1.02. The number of nitrogens with zero attached hydrogens (tertiary/aromatic N) is 2. The van der Waals surface area contributed by atoms with Gasteiger partial charge >= 0.3 is 0 Å². The van der Waals surface area contributed by atoms with Crippen LogP contribution >= 0.6 is 11.8 Å². The first-order valence-corrected chi connectivity index (χ1v) is 5.92. The lowest BCUT2D eigenvalue weighted by Crippen LogP contribution is -2.47. The Morgan fingerprint density at radius 2 is 2.21 bits per heavy atom. The van der Waals surface area contributed by atoms with Crippen molar-refractivity contribution >= 4 is 16.9 Å². The first-order valence-electron chi connectivity index (χ1n) is 5.04. The van der Waals surface area contributed by atoms with Crippen LogP contribution in [-0.2, 0) is 0 Å². The van der Waals surface area contributed by atoms with Crippen LogP contribution in [0, 0.1) is 0 Å². The lowest BCUT2D eigenvalue weighted by atomic mass is 10.1. The molecule has 1 heterocycles. The van der Waals surface area contributed by atoms with Crippen LogP contribution in [0.4, 0.5) is 0 Å². The number of rotatable bonds is 3. The number of amidine groups is 1.